The van der Waals surface area contributed by atoms with Gasteiger partial charge in [-0.2, -0.15) is 4.98 Å². The molecule has 5 nitrogen and oxygen atoms in total. The molecule has 4 rings (SSSR count). The molecule has 1 aliphatic heterocycles. The second kappa shape index (κ2) is 6.67. The van der Waals surface area contributed by atoms with Gasteiger partial charge in [0.1, 0.15) is 5.82 Å². The van der Waals surface area contributed by atoms with Gasteiger partial charge in [0.05, 0.1) is 5.56 Å². The summed E-state index contributed by atoms with van der Waals surface area (Å²) in [5.74, 6) is 2.86. The molecule has 1 saturated heterocycles. The van der Waals surface area contributed by atoms with E-state index in [1.807, 2.05) is 36.5 Å². The van der Waals surface area contributed by atoms with Crippen LogP contribution >= 0.6 is 0 Å². The van der Waals surface area contributed by atoms with Crippen LogP contribution in [0.5, 0.6) is 0 Å². The summed E-state index contributed by atoms with van der Waals surface area (Å²) in [5, 5.41) is 4.19. The van der Waals surface area contributed by atoms with Gasteiger partial charge in [-0.3, -0.25) is 0 Å². The van der Waals surface area contributed by atoms with Gasteiger partial charge < -0.3 is 9.42 Å². The Kier molecular flexibility index (Phi) is 4.22. The molecule has 0 aliphatic carbocycles. The molecule has 0 atom stereocenters. The number of hydrogen-bond donors (Lipinski definition) is 0. The Bertz CT molecular complexity index is 865. The van der Waals surface area contributed by atoms with E-state index in [9.17, 15) is 0 Å². The lowest BCUT2D eigenvalue weighted by molar-refractivity contribution is 0.428. The van der Waals surface area contributed by atoms with E-state index in [-0.39, 0.29) is 0 Å². The monoisotopic (exact) mass is 334 g/mol. The van der Waals surface area contributed by atoms with Gasteiger partial charge in [0.25, 0.3) is 5.89 Å². The van der Waals surface area contributed by atoms with Gasteiger partial charge in [0.15, 0.2) is 0 Å². The van der Waals surface area contributed by atoms with Crippen LogP contribution in [0.3, 0.4) is 0 Å². The Balaban J connectivity index is 1.68. The minimum atomic E-state index is 0.528. The predicted octanol–water partition coefficient (Wildman–Crippen LogP) is 4.34. The van der Waals surface area contributed by atoms with Crippen LogP contribution in [-0.2, 0) is 0 Å². The summed E-state index contributed by atoms with van der Waals surface area (Å²) in [6, 6.07) is 12.0. The lowest BCUT2D eigenvalue weighted by Gasteiger charge is -2.31. The first-order valence-corrected chi connectivity index (χ1v) is 8.82. The lowest BCUT2D eigenvalue weighted by Crippen LogP contribution is -2.33. The molecule has 0 bridgehead atoms. The molecule has 128 valence electrons. The number of benzene rings is 1. The number of aryl methyl sites for hydroxylation is 1. The van der Waals surface area contributed by atoms with Gasteiger partial charge in [0.2, 0.25) is 5.82 Å². The van der Waals surface area contributed by atoms with E-state index in [1.54, 1.807) is 0 Å². The Hall–Kier alpha value is -2.69. The molecule has 25 heavy (non-hydrogen) atoms. The van der Waals surface area contributed by atoms with Gasteiger partial charge in [-0.25, -0.2) is 4.98 Å². The van der Waals surface area contributed by atoms with E-state index in [2.05, 4.69) is 39.9 Å². The SMILES string of the molecule is Cc1ccccc1-c1noc(-c2cccnc2N2CCC(C)CC2)n1. The summed E-state index contributed by atoms with van der Waals surface area (Å²) in [7, 11) is 0. The molecule has 1 aromatic carbocycles. The highest BCUT2D eigenvalue weighted by Gasteiger charge is 2.22. The van der Waals surface area contributed by atoms with Crippen molar-refractivity contribution in [1.82, 2.24) is 15.1 Å². The Morgan fingerprint density at radius 3 is 2.60 bits per heavy atom. The maximum Gasteiger partial charge on any atom is 0.261 e. The standard InChI is InChI=1S/C20H22N4O/c1-14-9-12-24(13-10-14)19-17(8-5-11-21-19)20-22-18(23-25-20)16-7-4-3-6-15(16)2/h3-8,11,14H,9-10,12-13H2,1-2H3. The highest BCUT2D eigenvalue weighted by atomic mass is 16.5. The van der Waals surface area contributed by atoms with Crippen molar-refractivity contribution in [3.63, 3.8) is 0 Å². The topological polar surface area (TPSA) is 55.1 Å². The summed E-state index contributed by atoms with van der Waals surface area (Å²) in [4.78, 5) is 11.6. The van der Waals surface area contributed by atoms with Crippen LogP contribution < -0.4 is 4.90 Å². The quantitative estimate of drug-likeness (QED) is 0.713. The maximum absolute atomic E-state index is 5.58. The van der Waals surface area contributed by atoms with Crippen molar-refractivity contribution < 1.29 is 4.52 Å². The fourth-order valence-electron chi connectivity index (χ4n) is 3.30. The maximum atomic E-state index is 5.58. The fraction of sp³-hybridized carbons (Fsp3) is 0.350. The van der Waals surface area contributed by atoms with Crippen molar-refractivity contribution in [2.75, 3.05) is 18.0 Å². The van der Waals surface area contributed by atoms with Crippen LogP contribution in [0.2, 0.25) is 0 Å². The number of anilines is 1. The zero-order valence-electron chi connectivity index (χ0n) is 14.6. The van der Waals surface area contributed by atoms with Crippen molar-refractivity contribution in [2.24, 2.45) is 5.92 Å². The van der Waals surface area contributed by atoms with E-state index in [0.29, 0.717) is 11.7 Å². The largest absolute Gasteiger partial charge is 0.356 e. The summed E-state index contributed by atoms with van der Waals surface area (Å²) in [6.07, 6.45) is 4.21. The molecule has 1 fully saturated rings. The molecule has 0 unspecified atom stereocenters. The molecular weight excluding hydrogens is 312 g/mol. The molecule has 0 amide bonds. The molecular formula is C20H22N4O. The number of aromatic nitrogens is 3. The fourth-order valence-corrected chi connectivity index (χ4v) is 3.30. The molecule has 1 aliphatic rings. The van der Waals surface area contributed by atoms with Crippen LogP contribution in [0.4, 0.5) is 5.82 Å². The number of piperidine rings is 1. The van der Waals surface area contributed by atoms with Crippen LogP contribution in [0.25, 0.3) is 22.8 Å². The third-order valence-corrected chi connectivity index (χ3v) is 4.91. The van der Waals surface area contributed by atoms with Crippen LogP contribution in [0.15, 0.2) is 47.1 Å². The van der Waals surface area contributed by atoms with Gasteiger partial charge in [-0.15, -0.1) is 0 Å². The van der Waals surface area contributed by atoms with Gasteiger partial charge >= 0.3 is 0 Å². The highest BCUT2D eigenvalue weighted by molar-refractivity contribution is 5.71. The Labute approximate surface area is 147 Å². The zero-order chi connectivity index (χ0) is 17.2. The molecule has 3 aromatic rings. The number of hydrogen-bond acceptors (Lipinski definition) is 5. The van der Waals surface area contributed by atoms with Crippen LogP contribution in [0.1, 0.15) is 25.3 Å². The molecule has 5 heteroatoms. The van der Waals surface area contributed by atoms with Crippen molar-refractivity contribution in [3.05, 3.63) is 48.2 Å². The third kappa shape index (κ3) is 3.14. The first-order chi connectivity index (χ1) is 12.2. The number of pyridine rings is 1. The predicted molar refractivity (Wildman–Crippen MR) is 98.3 cm³/mol. The Morgan fingerprint density at radius 2 is 1.80 bits per heavy atom. The van der Waals surface area contributed by atoms with E-state index < -0.39 is 0 Å². The first kappa shape index (κ1) is 15.8. The second-order valence-electron chi connectivity index (χ2n) is 6.78. The second-order valence-corrected chi connectivity index (χ2v) is 6.78. The van der Waals surface area contributed by atoms with E-state index in [4.69, 9.17) is 4.52 Å². The smallest absolute Gasteiger partial charge is 0.261 e. The molecule has 0 saturated carbocycles. The van der Waals surface area contributed by atoms with E-state index >= 15 is 0 Å². The van der Waals surface area contributed by atoms with E-state index in [0.717, 1.165) is 41.5 Å². The third-order valence-electron chi connectivity index (χ3n) is 4.91. The average molecular weight is 334 g/mol. The summed E-state index contributed by atoms with van der Waals surface area (Å²) >= 11 is 0. The Morgan fingerprint density at radius 1 is 1.04 bits per heavy atom. The summed E-state index contributed by atoms with van der Waals surface area (Å²) < 4.78 is 5.58. The van der Waals surface area contributed by atoms with Crippen LogP contribution in [0, 0.1) is 12.8 Å². The molecule has 3 heterocycles. The zero-order valence-corrected chi connectivity index (χ0v) is 14.6. The summed E-state index contributed by atoms with van der Waals surface area (Å²) in [5.41, 5.74) is 3.03. The minimum absolute atomic E-state index is 0.528. The highest BCUT2D eigenvalue weighted by Crippen LogP contribution is 2.32. The minimum Gasteiger partial charge on any atom is -0.356 e. The number of nitrogens with zero attached hydrogens (tertiary/aromatic N) is 4. The van der Waals surface area contributed by atoms with Gasteiger partial charge in [0, 0.05) is 24.8 Å². The first-order valence-electron chi connectivity index (χ1n) is 8.82. The van der Waals surface area contributed by atoms with E-state index in [1.165, 1.54) is 12.8 Å². The van der Waals surface area contributed by atoms with Crippen molar-refractivity contribution in [2.45, 2.75) is 26.7 Å². The van der Waals surface area contributed by atoms with Gasteiger partial charge in [-0.05, 0) is 43.4 Å². The molecule has 0 spiro atoms. The van der Waals surface area contributed by atoms with Crippen molar-refractivity contribution >= 4 is 5.82 Å². The average Bonchev–Trinajstić information content (AvgIpc) is 3.12. The summed E-state index contributed by atoms with van der Waals surface area (Å²) in [6.45, 7) is 6.40. The van der Waals surface area contributed by atoms with Crippen molar-refractivity contribution in [1.29, 1.82) is 0 Å². The molecule has 0 radical (unpaired) electrons. The van der Waals surface area contributed by atoms with Crippen LogP contribution in [-0.4, -0.2) is 28.2 Å². The molecule has 2 aromatic heterocycles. The molecule has 0 N–H and O–H groups in total. The lowest BCUT2D eigenvalue weighted by atomic mass is 9.99. The number of rotatable bonds is 3. The normalized spacial score (nSPS) is 15.5. The van der Waals surface area contributed by atoms with Gasteiger partial charge in [-0.1, -0.05) is 36.3 Å². The van der Waals surface area contributed by atoms with Crippen molar-refractivity contribution in [3.8, 4) is 22.8 Å².